The highest BCUT2D eigenvalue weighted by atomic mass is 79.9. The highest BCUT2D eigenvalue weighted by Gasteiger charge is 2.48. The number of hydrogen-bond acceptors (Lipinski definition) is 1. The minimum atomic E-state index is 0.108. The maximum atomic E-state index is 12.6. The van der Waals surface area contributed by atoms with Gasteiger partial charge in [-0.25, -0.2) is 0 Å². The maximum Gasteiger partial charge on any atom is 0.251 e. The molecule has 4 aliphatic rings. The molecule has 1 aromatic carbocycles. The molecule has 0 spiro atoms. The van der Waals surface area contributed by atoms with E-state index in [1.165, 1.54) is 32.1 Å². The molecule has 5 rings (SSSR count). The molecule has 21 heavy (non-hydrogen) atoms. The molecule has 0 heterocycles. The van der Waals surface area contributed by atoms with Crippen molar-refractivity contribution in [3.8, 4) is 0 Å². The topological polar surface area (TPSA) is 29.1 Å². The molecule has 0 atom stereocenters. The van der Waals surface area contributed by atoms with Crippen molar-refractivity contribution < 1.29 is 4.79 Å². The molecule has 0 radical (unpaired) electrons. The molecule has 4 saturated carbocycles. The Balaban J connectivity index is 1.52. The normalized spacial score (nSPS) is 36.8. The summed E-state index contributed by atoms with van der Waals surface area (Å²) in [6, 6.07) is 6.37. The van der Waals surface area contributed by atoms with Gasteiger partial charge in [0, 0.05) is 16.1 Å². The highest BCUT2D eigenvalue weighted by molar-refractivity contribution is 9.10. The number of rotatable bonds is 2. The van der Waals surface area contributed by atoms with Crippen LogP contribution in [0.15, 0.2) is 22.7 Å². The standard InChI is InChI=1S/C18H22BrNO/c1-10-2-15(9-16(19)3-10)18(21)20-17-13-5-11-4-12(7-13)8-14(17)6-11/h2-3,9,11-14,17H,4-8H2,1H3,(H,20,21). The predicted molar refractivity (Wildman–Crippen MR) is 87.2 cm³/mol. The van der Waals surface area contributed by atoms with Crippen LogP contribution in [0.3, 0.4) is 0 Å². The monoisotopic (exact) mass is 347 g/mol. The summed E-state index contributed by atoms with van der Waals surface area (Å²) < 4.78 is 0.984. The van der Waals surface area contributed by atoms with Crippen molar-refractivity contribution in [2.24, 2.45) is 23.7 Å². The van der Waals surface area contributed by atoms with Gasteiger partial charge in [-0.1, -0.05) is 15.9 Å². The Morgan fingerprint density at radius 2 is 1.67 bits per heavy atom. The number of benzene rings is 1. The van der Waals surface area contributed by atoms with Gasteiger partial charge in [-0.3, -0.25) is 4.79 Å². The van der Waals surface area contributed by atoms with Crippen LogP contribution in [0.25, 0.3) is 0 Å². The summed E-state index contributed by atoms with van der Waals surface area (Å²) in [5.74, 6) is 3.48. The Morgan fingerprint density at radius 3 is 2.24 bits per heavy atom. The minimum absolute atomic E-state index is 0.108. The summed E-state index contributed by atoms with van der Waals surface area (Å²) in [7, 11) is 0. The van der Waals surface area contributed by atoms with Crippen molar-refractivity contribution in [1.29, 1.82) is 0 Å². The van der Waals surface area contributed by atoms with Crippen LogP contribution in [0.1, 0.15) is 48.0 Å². The van der Waals surface area contributed by atoms with Gasteiger partial charge in [0.25, 0.3) is 5.91 Å². The van der Waals surface area contributed by atoms with Gasteiger partial charge < -0.3 is 5.32 Å². The Labute approximate surface area is 134 Å². The smallest absolute Gasteiger partial charge is 0.251 e. The second kappa shape index (κ2) is 5.12. The van der Waals surface area contributed by atoms with E-state index in [-0.39, 0.29) is 5.91 Å². The van der Waals surface area contributed by atoms with Crippen LogP contribution in [0, 0.1) is 30.6 Å². The zero-order chi connectivity index (χ0) is 14.6. The van der Waals surface area contributed by atoms with Crippen molar-refractivity contribution in [2.75, 3.05) is 0 Å². The summed E-state index contributed by atoms with van der Waals surface area (Å²) >= 11 is 3.49. The lowest BCUT2D eigenvalue weighted by molar-refractivity contribution is -0.0119. The first-order valence-corrected chi connectivity index (χ1v) is 8.96. The van der Waals surface area contributed by atoms with E-state index < -0.39 is 0 Å². The van der Waals surface area contributed by atoms with E-state index in [1.54, 1.807) is 0 Å². The molecule has 0 unspecified atom stereocenters. The van der Waals surface area contributed by atoms with Crippen LogP contribution >= 0.6 is 15.9 Å². The lowest BCUT2D eigenvalue weighted by Crippen LogP contribution is -2.55. The van der Waals surface area contributed by atoms with Gasteiger partial charge >= 0.3 is 0 Å². The lowest BCUT2D eigenvalue weighted by atomic mass is 9.54. The van der Waals surface area contributed by atoms with E-state index >= 15 is 0 Å². The van der Waals surface area contributed by atoms with E-state index in [9.17, 15) is 4.79 Å². The van der Waals surface area contributed by atoms with Gasteiger partial charge in [0.1, 0.15) is 0 Å². The number of halogens is 1. The maximum absolute atomic E-state index is 12.6. The quantitative estimate of drug-likeness (QED) is 0.848. The van der Waals surface area contributed by atoms with E-state index in [0.717, 1.165) is 39.3 Å². The van der Waals surface area contributed by atoms with Crippen molar-refractivity contribution >= 4 is 21.8 Å². The molecule has 0 aliphatic heterocycles. The number of hydrogen-bond donors (Lipinski definition) is 1. The van der Waals surface area contributed by atoms with Crippen LogP contribution in [0.2, 0.25) is 0 Å². The van der Waals surface area contributed by atoms with Gasteiger partial charge in [-0.15, -0.1) is 0 Å². The summed E-state index contributed by atoms with van der Waals surface area (Å²) in [6.45, 7) is 2.03. The van der Waals surface area contributed by atoms with Crippen molar-refractivity contribution in [3.63, 3.8) is 0 Å². The number of aryl methyl sites for hydroxylation is 1. The van der Waals surface area contributed by atoms with Crippen molar-refractivity contribution in [2.45, 2.75) is 45.1 Å². The van der Waals surface area contributed by atoms with Crippen LogP contribution in [0.5, 0.6) is 0 Å². The first kappa shape index (κ1) is 13.8. The molecule has 0 saturated heterocycles. The Kier molecular flexibility index (Phi) is 3.36. The first-order valence-electron chi connectivity index (χ1n) is 8.16. The molecule has 1 N–H and O–H groups in total. The molecule has 1 amide bonds. The summed E-state index contributed by atoms with van der Waals surface area (Å²) in [5, 5.41) is 3.37. The number of amides is 1. The van der Waals surface area contributed by atoms with Crippen molar-refractivity contribution in [3.05, 3.63) is 33.8 Å². The SMILES string of the molecule is Cc1cc(Br)cc(C(=O)NC2C3CC4CC(C3)CC2C4)c1. The zero-order valence-corrected chi connectivity index (χ0v) is 14.0. The molecular formula is C18H22BrNO. The number of nitrogens with one attached hydrogen (secondary N) is 1. The predicted octanol–water partition coefficient (Wildman–Crippen LogP) is 4.31. The summed E-state index contributed by atoms with van der Waals surface area (Å²) in [6.07, 6.45) is 6.83. The number of carbonyl (C=O) groups excluding carboxylic acids is 1. The van der Waals surface area contributed by atoms with Gasteiger partial charge in [0.2, 0.25) is 0 Å². The second-order valence-electron chi connectivity index (χ2n) is 7.45. The van der Waals surface area contributed by atoms with Gasteiger partial charge in [0.05, 0.1) is 0 Å². The van der Waals surface area contributed by atoms with E-state index in [4.69, 9.17) is 0 Å². The zero-order valence-electron chi connectivity index (χ0n) is 12.4. The van der Waals surface area contributed by atoms with Gasteiger partial charge in [-0.05, 0) is 86.5 Å². The molecule has 3 heteroatoms. The summed E-state index contributed by atoms with van der Waals surface area (Å²) in [4.78, 5) is 12.6. The van der Waals surface area contributed by atoms with Gasteiger partial charge in [-0.2, -0.15) is 0 Å². The third kappa shape index (κ3) is 2.54. The molecule has 4 fully saturated rings. The highest BCUT2D eigenvalue weighted by Crippen LogP contribution is 2.53. The second-order valence-corrected chi connectivity index (χ2v) is 8.36. The van der Waals surface area contributed by atoms with E-state index in [0.29, 0.717) is 6.04 Å². The Bertz CT molecular complexity index is 534. The Morgan fingerprint density at radius 1 is 1.05 bits per heavy atom. The van der Waals surface area contributed by atoms with Crippen LogP contribution in [0.4, 0.5) is 0 Å². The van der Waals surface area contributed by atoms with Gasteiger partial charge in [0.15, 0.2) is 0 Å². The third-order valence-electron chi connectivity index (χ3n) is 5.83. The molecule has 112 valence electrons. The molecule has 4 bridgehead atoms. The average molecular weight is 348 g/mol. The first-order chi connectivity index (χ1) is 10.1. The fourth-order valence-corrected chi connectivity index (χ4v) is 5.87. The van der Waals surface area contributed by atoms with Crippen LogP contribution in [-0.2, 0) is 0 Å². The molecule has 4 aliphatic carbocycles. The molecule has 1 aromatic rings. The van der Waals surface area contributed by atoms with Crippen LogP contribution < -0.4 is 5.32 Å². The Hall–Kier alpha value is -0.830. The molecule has 2 nitrogen and oxygen atoms in total. The molecule has 0 aromatic heterocycles. The van der Waals surface area contributed by atoms with E-state index in [2.05, 4.69) is 21.2 Å². The minimum Gasteiger partial charge on any atom is -0.349 e. The van der Waals surface area contributed by atoms with Crippen molar-refractivity contribution in [1.82, 2.24) is 5.32 Å². The van der Waals surface area contributed by atoms with E-state index in [1.807, 2.05) is 25.1 Å². The van der Waals surface area contributed by atoms with Crippen LogP contribution in [-0.4, -0.2) is 11.9 Å². The fourth-order valence-electron chi connectivity index (χ4n) is 5.26. The fraction of sp³-hybridized carbons (Fsp3) is 0.611. The molecular weight excluding hydrogens is 326 g/mol. The largest absolute Gasteiger partial charge is 0.349 e. The summed E-state index contributed by atoms with van der Waals surface area (Å²) in [5.41, 5.74) is 1.91. The lowest BCUT2D eigenvalue weighted by Gasteiger charge is -2.54. The third-order valence-corrected chi connectivity index (χ3v) is 6.29. The average Bonchev–Trinajstić information content (AvgIpc) is 2.40. The number of carbonyl (C=O) groups is 1.